The van der Waals surface area contributed by atoms with E-state index in [2.05, 4.69) is 4.74 Å². The first-order chi connectivity index (χ1) is 13.4. The van der Waals surface area contributed by atoms with Crippen molar-refractivity contribution in [2.45, 2.75) is 67.5 Å². The summed E-state index contributed by atoms with van der Waals surface area (Å²) in [7, 11) is 0. The lowest BCUT2D eigenvalue weighted by molar-refractivity contribution is -0.478. The second kappa shape index (κ2) is 7.65. The summed E-state index contributed by atoms with van der Waals surface area (Å²) in [6.07, 6.45) is -26.0. The number of hydrogen-bond acceptors (Lipinski definition) is 2. The third-order valence-corrected chi connectivity index (χ3v) is 3.98. The van der Waals surface area contributed by atoms with E-state index in [1.165, 1.54) is 0 Å². The average molecular weight is 505 g/mol. The van der Waals surface area contributed by atoms with Gasteiger partial charge in [-0.3, -0.25) is 0 Å². The third kappa shape index (κ3) is 4.22. The zero-order valence-corrected chi connectivity index (χ0v) is 14.1. The standard InChI is InChI=1S/C12H8F17NO/c13-5(6(14,15)4-2-1-3-31-4)30(11(26,27)7(16,17)9(20,21)22)12(28,29)8(18,19)10(23,24)25/h4-5H,1-3H2. The normalized spacial score (nSPS) is 21.7. The van der Waals surface area contributed by atoms with Gasteiger partial charge in [0.15, 0.2) is 0 Å². The lowest BCUT2D eigenvalue weighted by Crippen LogP contribution is -2.75. The van der Waals surface area contributed by atoms with Crippen LogP contribution in [0.2, 0.25) is 0 Å². The average Bonchev–Trinajstić information content (AvgIpc) is 3.06. The summed E-state index contributed by atoms with van der Waals surface area (Å²) in [4.78, 5) is -4.11. The molecule has 0 aromatic rings. The second-order valence-corrected chi connectivity index (χ2v) is 6.11. The largest absolute Gasteiger partial charge is 0.461 e. The molecule has 1 aliphatic rings. The second-order valence-electron chi connectivity index (χ2n) is 6.11. The highest BCUT2D eigenvalue weighted by Gasteiger charge is 2.86. The molecule has 19 heteroatoms. The minimum atomic E-state index is -8.08. The molecule has 0 aliphatic carbocycles. The number of rotatable bonds is 7. The van der Waals surface area contributed by atoms with Crippen LogP contribution < -0.4 is 0 Å². The van der Waals surface area contributed by atoms with Crippen LogP contribution in [0.5, 0.6) is 0 Å². The molecule has 0 spiro atoms. The Balaban J connectivity index is 3.79. The van der Waals surface area contributed by atoms with Crippen LogP contribution in [-0.4, -0.2) is 66.1 Å². The van der Waals surface area contributed by atoms with Crippen molar-refractivity contribution in [3.63, 3.8) is 0 Å². The van der Waals surface area contributed by atoms with E-state index in [9.17, 15) is 74.6 Å². The van der Waals surface area contributed by atoms with E-state index < -0.39 is 79.0 Å². The maximum atomic E-state index is 14.1. The summed E-state index contributed by atoms with van der Waals surface area (Å²) in [5, 5.41) is 0. The topological polar surface area (TPSA) is 12.5 Å². The highest BCUT2D eigenvalue weighted by molar-refractivity contribution is 5.03. The molecule has 0 aromatic heterocycles. The molecule has 2 unspecified atom stereocenters. The molecule has 1 rings (SSSR count). The van der Waals surface area contributed by atoms with Crippen molar-refractivity contribution in [2.75, 3.05) is 6.61 Å². The van der Waals surface area contributed by atoms with Gasteiger partial charge in [-0.15, -0.1) is 4.90 Å². The summed E-state index contributed by atoms with van der Waals surface area (Å²) < 4.78 is 226. The molecular formula is C12H8F17NO. The van der Waals surface area contributed by atoms with E-state index in [0.717, 1.165) is 0 Å². The number of hydrogen-bond donors (Lipinski definition) is 0. The van der Waals surface area contributed by atoms with Crippen LogP contribution in [0.25, 0.3) is 0 Å². The van der Waals surface area contributed by atoms with Gasteiger partial charge in [-0.2, -0.15) is 70.2 Å². The van der Waals surface area contributed by atoms with Gasteiger partial charge in [0.1, 0.15) is 6.10 Å². The van der Waals surface area contributed by atoms with Crippen molar-refractivity contribution in [1.29, 1.82) is 0 Å². The van der Waals surface area contributed by atoms with Gasteiger partial charge >= 0.3 is 42.2 Å². The first kappa shape index (κ1) is 27.8. The predicted molar refractivity (Wildman–Crippen MR) is 62.6 cm³/mol. The quantitative estimate of drug-likeness (QED) is 0.312. The van der Waals surface area contributed by atoms with Gasteiger partial charge < -0.3 is 4.74 Å². The van der Waals surface area contributed by atoms with Crippen LogP contribution >= 0.6 is 0 Å². The fraction of sp³-hybridized carbons (Fsp3) is 1.00. The number of nitrogens with zero attached hydrogens (tertiary/aromatic N) is 1. The Labute approximate surface area is 159 Å². The molecule has 1 fully saturated rings. The summed E-state index contributed by atoms with van der Waals surface area (Å²) >= 11 is 0. The van der Waals surface area contributed by atoms with Crippen molar-refractivity contribution in [1.82, 2.24) is 4.90 Å². The van der Waals surface area contributed by atoms with E-state index in [4.69, 9.17) is 0 Å². The molecule has 1 aliphatic heterocycles. The van der Waals surface area contributed by atoms with Gasteiger partial charge in [0.2, 0.25) is 6.30 Å². The Kier molecular flexibility index (Phi) is 6.85. The zero-order chi connectivity index (χ0) is 25.1. The van der Waals surface area contributed by atoms with E-state index in [1.807, 2.05) is 0 Å². The van der Waals surface area contributed by atoms with Gasteiger partial charge in [0.25, 0.3) is 0 Å². The zero-order valence-electron chi connectivity index (χ0n) is 14.1. The van der Waals surface area contributed by atoms with Crippen molar-refractivity contribution in [3.05, 3.63) is 0 Å². The SMILES string of the molecule is FC(N(C(F)(F)C(F)(F)C(F)(F)F)C(F)(F)C(F)(F)C(F)(F)F)C(F)(F)C1CCCO1. The summed E-state index contributed by atoms with van der Waals surface area (Å²) in [5.74, 6) is -22.0. The summed E-state index contributed by atoms with van der Waals surface area (Å²) in [6, 6.07) is -16.2. The molecular weight excluding hydrogens is 497 g/mol. The Morgan fingerprint density at radius 1 is 0.645 bits per heavy atom. The van der Waals surface area contributed by atoms with Gasteiger partial charge in [0, 0.05) is 6.61 Å². The Bertz CT molecular complexity index is 594. The lowest BCUT2D eigenvalue weighted by atomic mass is 10.0. The van der Waals surface area contributed by atoms with Crippen molar-refractivity contribution in [3.8, 4) is 0 Å². The Morgan fingerprint density at radius 3 is 1.26 bits per heavy atom. The number of ether oxygens (including phenoxy) is 1. The first-order valence-electron chi connectivity index (χ1n) is 7.46. The van der Waals surface area contributed by atoms with E-state index in [0.29, 0.717) is 0 Å². The molecule has 0 bridgehead atoms. The van der Waals surface area contributed by atoms with Crippen LogP contribution in [0.4, 0.5) is 74.6 Å². The minimum Gasteiger partial charge on any atom is -0.372 e. The molecule has 31 heavy (non-hydrogen) atoms. The van der Waals surface area contributed by atoms with Gasteiger partial charge in [-0.25, -0.2) is 4.39 Å². The van der Waals surface area contributed by atoms with Gasteiger partial charge in [-0.05, 0) is 12.8 Å². The van der Waals surface area contributed by atoms with Crippen molar-refractivity contribution >= 4 is 0 Å². The number of halogens is 17. The molecule has 1 saturated heterocycles. The molecule has 0 N–H and O–H groups in total. The molecule has 1 heterocycles. The van der Waals surface area contributed by atoms with Crippen LogP contribution in [-0.2, 0) is 4.74 Å². The van der Waals surface area contributed by atoms with Crippen molar-refractivity contribution < 1.29 is 79.4 Å². The van der Waals surface area contributed by atoms with Crippen LogP contribution in [0.15, 0.2) is 0 Å². The summed E-state index contributed by atoms with van der Waals surface area (Å²) in [5.41, 5.74) is 0. The maximum Gasteiger partial charge on any atom is 0.461 e. The smallest absolute Gasteiger partial charge is 0.372 e. The van der Waals surface area contributed by atoms with Crippen molar-refractivity contribution in [2.24, 2.45) is 0 Å². The highest BCUT2D eigenvalue weighted by Crippen LogP contribution is 2.58. The molecule has 0 radical (unpaired) electrons. The molecule has 2 atom stereocenters. The fourth-order valence-corrected chi connectivity index (χ4v) is 2.31. The minimum absolute atomic E-state index is 0.489. The summed E-state index contributed by atoms with van der Waals surface area (Å²) in [6.45, 7) is -0.767. The molecule has 2 nitrogen and oxygen atoms in total. The van der Waals surface area contributed by atoms with Crippen LogP contribution in [0.1, 0.15) is 12.8 Å². The molecule has 186 valence electrons. The van der Waals surface area contributed by atoms with Gasteiger partial charge in [-0.1, -0.05) is 0 Å². The molecule has 0 amide bonds. The van der Waals surface area contributed by atoms with Crippen LogP contribution in [0, 0.1) is 0 Å². The third-order valence-electron chi connectivity index (χ3n) is 3.98. The van der Waals surface area contributed by atoms with Crippen LogP contribution in [0.3, 0.4) is 0 Å². The Hall–Kier alpha value is -1.27. The maximum absolute atomic E-state index is 14.1. The van der Waals surface area contributed by atoms with E-state index in [1.54, 1.807) is 0 Å². The lowest BCUT2D eigenvalue weighted by Gasteiger charge is -2.45. The first-order valence-corrected chi connectivity index (χ1v) is 7.46. The Morgan fingerprint density at radius 2 is 1.00 bits per heavy atom. The van der Waals surface area contributed by atoms with E-state index in [-0.39, 0.29) is 0 Å². The van der Waals surface area contributed by atoms with E-state index >= 15 is 0 Å². The molecule has 0 aromatic carbocycles. The van der Waals surface area contributed by atoms with Gasteiger partial charge in [0.05, 0.1) is 0 Å². The predicted octanol–water partition coefficient (Wildman–Crippen LogP) is 5.98. The monoisotopic (exact) mass is 505 g/mol. The highest BCUT2D eigenvalue weighted by atomic mass is 19.4. The fourth-order valence-electron chi connectivity index (χ4n) is 2.31. The molecule has 0 saturated carbocycles. The number of alkyl halides is 17.